The van der Waals surface area contributed by atoms with Crippen molar-refractivity contribution in [3.63, 3.8) is 0 Å². The van der Waals surface area contributed by atoms with Crippen molar-refractivity contribution < 1.29 is 29.2 Å². The Labute approximate surface area is 87.7 Å². The monoisotopic (exact) mass is 220 g/mol. The molecular weight excluding hydrogens is 204 g/mol. The fourth-order valence-electron chi connectivity index (χ4n) is 1.50. The summed E-state index contributed by atoms with van der Waals surface area (Å²) in [6.07, 6.45) is -4.12. The molecule has 15 heavy (non-hydrogen) atoms. The zero-order valence-corrected chi connectivity index (χ0v) is 8.75. The predicted molar refractivity (Wildman–Crippen MR) is 49.2 cm³/mol. The van der Waals surface area contributed by atoms with Gasteiger partial charge in [-0.15, -0.1) is 0 Å². The fraction of sp³-hybridized carbons (Fsp3) is 0.889. The van der Waals surface area contributed by atoms with Gasteiger partial charge in [-0.25, -0.2) is 0 Å². The quantitative estimate of drug-likeness (QED) is 0.611. The molecule has 0 bridgehead atoms. The average molecular weight is 220 g/mol. The molecule has 0 saturated carbocycles. The summed E-state index contributed by atoms with van der Waals surface area (Å²) in [6.45, 7) is 1.67. The molecule has 2 N–H and O–H groups in total. The number of hydrogen-bond donors (Lipinski definition) is 2. The highest BCUT2D eigenvalue weighted by Crippen LogP contribution is 2.20. The molecule has 1 aliphatic heterocycles. The van der Waals surface area contributed by atoms with Crippen LogP contribution in [0, 0.1) is 0 Å². The Morgan fingerprint density at radius 1 is 1.53 bits per heavy atom. The molecule has 88 valence electrons. The first-order chi connectivity index (χ1) is 7.15. The molecule has 0 aromatic carbocycles. The van der Waals surface area contributed by atoms with Crippen molar-refractivity contribution in [2.75, 3.05) is 20.3 Å². The third-order valence-electron chi connectivity index (χ3n) is 2.23. The van der Waals surface area contributed by atoms with E-state index >= 15 is 0 Å². The Morgan fingerprint density at radius 3 is 2.67 bits per heavy atom. The topological polar surface area (TPSA) is 85.2 Å². The lowest BCUT2D eigenvalue weighted by atomic mass is 10.0. The van der Waals surface area contributed by atoms with Gasteiger partial charge in [0.25, 0.3) is 0 Å². The van der Waals surface area contributed by atoms with Crippen molar-refractivity contribution >= 4 is 5.78 Å². The van der Waals surface area contributed by atoms with Crippen molar-refractivity contribution in [2.24, 2.45) is 0 Å². The van der Waals surface area contributed by atoms with E-state index in [0.29, 0.717) is 6.61 Å². The summed E-state index contributed by atoms with van der Waals surface area (Å²) in [7, 11) is 1.32. The van der Waals surface area contributed by atoms with E-state index in [9.17, 15) is 9.90 Å². The van der Waals surface area contributed by atoms with Gasteiger partial charge in [-0.3, -0.25) is 4.79 Å². The molecule has 0 spiro atoms. The van der Waals surface area contributed by atoms with Crippen LogP contribution in [0.25, 0.3) is 0 Å². The van der Waals surface area contributed by atoms with Gasteiger partial charge in [0, 0.05) is 13.7 Å². The van der Waals surface area contributed by atoms with Gasteiger partial charge in [-0.1, -0.05) is 0 Å². The lowest BCUT2D eigenvalue weighted by Gasteiger charge is -2.36. The van der Waals surface area contributed by atoms with Crippen LogP contribution in [0.1, 0.15) is 6.92 Å². The third-order valence-corrected chi connectivity index (χ3v) is 2.23. The van der Waals surface area contributed by atoms with Crippen LogP contribution < -0.4 is 0 Å². The van der Waals surface area contributed by atoms with Crippen LogP contribution in [0.2, 0.25) is 0 Å². The highest BCUT2D eigenvalue weighted by molar-refractivity contribution is 5.88. The lowest BCUT2D eigenvalue weighted by molar-refractivity contribution is -0.252. The van der Waals surface area contributed by atoms with Gasteiger partial charge in [-0.05, 0) is 6.92 Å². The second-order valence-corrected chi connectivity index (χ2v) is 3.18. The van der Waals surface area contributed by atoms with E-state index in [4.69, 9.17) is 19.3 Å². The zero-order valence-electron chi connectivity index (χ0n) is 8.75. The number of ether oxygens (including phenoxy) is 3. The Balaban J connectivity index is 2.75. The van der Waals surface area contributed by atoms with Gasteiger partial charge in [0.15, 0.2) is 18.2 Å². The maximum atomic E-state index is 11.6. The maximum Gasteiger partial charge on any atom is 0.197 e. The van der Waals surface area contributed by atoms with E-state index in [2.05, 4.69) is 0 Å². The summed E-state index contributed by atoms with van der Waals surface area (Å²) in [5.74, 6) is -0.519. The fourth-order valence-corrected chi connectivity index (χ4v) is 1.50. The molecule has 6 heteroatoms. The number of Topliss-reactive ketones (excluding diaryl/α,β-unsaturated/α-hetero) is 1. The highest BCUT2D eigenvalue weighted by atomic mass is 16.7. The van der Waals surface area contributed by atoms with Gasteiger partial charge < -0.3 is 24.4 Å². The molecule has 0 radical (unpaired) electrons. The number of carbonyl (C=O) groups is 1. The third kappa shape index (κ3) is 2.53. The lowest BCUT2D eigenvalue weighted by Crippen LogP contribution is -2.57. The van der Waals surface area contributed by atoms with Crippen molar-refractivity contribution in [2.45, 2.75) is 31.5 Å². The number of aliphatic hydroxyl groups excluding tert-OH is 2. The molecule has 1 rings (SSSR count). The van der Waals surface area contributed by atoms with Crippen LogP contribution >= 0.6 is 0 Å². The summed E-state index contributed by atoms with van der Waals surface area (Å²) in [5.41, 5.74) is 0. The molecule has 0 aromatic rings. The van der Waals surface area contributed by atoms with E-state index < -0.39 is 30.4 Å². The molecular formula is C9H16O6. The normalized spacial score (nSPS) is 36.9. The molecule has 0 aromatic heterocycles. The van der Waals surface area contributed by atoms with Crippen LogP contribution in [0.5, 0.6) is 0 Å². The van der Waals surface area contributed by atoms with E-state index in [-0.39, 0.29) is 6.61 Å². The summed E-state index contributed by atoms with van der Waals surface area (Å²) in [5, 5.41) is 18.5. The zero-order chi connectivity index (χ0) is 11.4. The Morgan fingerprint density at radius 2 is 2.20 bits per heavy atom. The summed E-state index contributed by atoms with van der Waals surface area (Å²) in [4.78, 5) is 11.6. The molecule has 0 unspecified atom stereocenters. The Kier molecular flexibility index (Phi) is 4.62. The van der Waals surface area contributed by atoms with E-state index in [0.717, 1.165) is 0 Å². The second kappa shape index (κ2) is 5.53. The molecule has 0 amide bonds. The average Bonchev–Trinajstić information content (AvgIpc) is 2.25. The Hall–Kier alpha value is -0.530. The van der Waals surface area contributed by atoms with Crippen LogP contribution in [-0.4, -0.2) is 60.9 Å². The smallest absolute Gasteiger partial charge is 0.197 e. The van der Waals surface area contributed by atoms with Gasteiger partial charge in [-0.2, -0.15) is 0 Å². The summed E-state index contributed by atoms with van der Waals surface area (Å²) < 4.78 is 15.0. The maximum absolute atomic E-state index is 11.6. The minimum atomic E-state index is -1.37. The van der Waals surface area contributed by atoms with Crippen LogP contribution in [0.4, 0.5) is 0 Å². The number of aliphatic hydroxyl groups is 2. The SMILES string of the molecule is CCO[C@@H]1C(=O)[C@@H](O)[C@H](OC)O[C@@H]1CO. The summed E-state index contributed by atoms with van der Waals surface area (Å²) >= 11 is 0. The van der Waals surface area contributed by atoms with Crippen LogP contribution in [0.3, 0.4) is 0 Å². The predicted octanol–water partition coefficient (Wildman–Crippen LogP) is -1.31. The molecule has 1 fully saturated rings. The Bertz CT molecular complexity index is 219. The van der Waals surface area contributed by atoms with Crippen LogP contribution in [0.15, 0.2) is 0 Å². The number of methoxy groups -OCH3 is 1. The number of carbonyl (C=O) groups excluding carboxylic acids is 1. The molecule has 1 aliphatic rings. The molecule has 1 saturated heterocycles. The molecule has 6 nitrogen and oxygen atoms in total. The molecule has 1 heterocycles. The summed E-state index contributed by atoms with van der Waals surface area (Å²) in [6, 6.07) is 0. The standard InChI is InChI=1S/C9H16O6/c1-3-14-8-5(4-10)15-9(13-2)7(12)6(8)11/h5,7-10,12H,3-4H2,1-2H3/t5-,7-,8+,9-/m1/s1. The number of ketones is 1. The van der Waals surface area contributed by atoms with Crippen molar-refractivity contribution in [3.8, 4) is 0 Å². The number of hydrogen-bond acceptors (Lipinski definition) is 6. The first kappa shape index (κ1) is 12.5. The van der Waals surface area contributed by atoms with Crippen molar-refractivity contribution in [1.82, 2.24) is 0 Å². The minimum absolute atomic E-state index is 0.306. The van der Waals surface area contributed by atoms with Gasteiger partial charge in [0.2, 0.25) is 0 Å². The van der Waals surface area contributed by atoms with Crippen molar-refractivity contribution in [1.29, 1.82) is 0 Å². The van der Waals surface area contributed by atoms with Gasteiger partial charge >= 0.3 is 0 Å². The van der Waals surface area contributed by atoms with Gasteiger partial charge in [0.05, 0.1) is 6.61 Å². The first-order valence-corrected chi connectivity index (χ1v) is 4.78. The van der Waals surface area contributed by atoms with E-state index in [1.54, 1.807) is 6.92 Å². The largest absolute Gasteiger partial charge is 0.394 e. The van der Waals surface area contributed by atoms with Crippen molar-refractivity contribution in [3.05, 3.63) is 0 Å². The number of rotatable bonds is 4. The first-order valence-electron chi connectivity index (χ1n) is 4.78. The second-order valence-electron chi connectivity index (χ2n) is 3.18. The van der Waals surface area contributed by atoms with Gasteiger partial charge in [0.1, 0.15) is 12.2 Å². The molecule has 4 atom stereocenters. The molecule has 0 aliphatic carbocycles. The van der Waals surface area contributed by atoms with E-state index in [1.807, 2.05) is 0 Å². The minimum Gasteiger partial charge on any atom is -0.394 e. The van der Waals surface area contributed by atoms with Crippen LogP contribution in [-0.2, 0) is 19.0 Å². The highest BCUT2D eigenvalue weighted by Gasteiger charge is 2.44. The van der Waals surface area contributed by atoms with E-state index in [1.165, 1.54) is 7.11 Å².